The van der Waals surface area contributed by atoms with Crippen LogP contribution in [0, 0.1) is 0 Å². The molecule has 1 atom stereocenters. The van der Waals surface area contributed by atoms with Crippen molar-refractivity contribution < 1.29 is 19.9 Å². The van der Waals surface area contributed by atoms with E-state index < -0.39 is 6.10 Å². The zero-order valence-electron chi connectivity index (χ0n) is 11.0. The summed E-state index contributed by atoms with van der Waals surface area (Å²) in [5.41, 5.74) is 1.89. The van der Waals surface area contributed by atoms with Gasteiger partial charge in [0.15, 0.2) is 5.76 Å². The van der Waals surface area contributed by atoms with Crippen LogP contribution in [0.25, 0.3) is 11.3 Å². The van der Waals surface area contributed by atoms with Crippen LogP contribution in [0.1, 0.15) is 24.4 Å². The first-order valence-electron chi connectivity index (χ1n) is 6.50. The number of rotatable bonds is 6. The molecular formula is C15H20NO3+. The summed E-state index contributed by atoms with van der Waals surface area (Å²) >= 11 is 0. The maximum atomic E-state index is 9.46. The van der Waals surface area contributed by atoms with E-state index in [1.807, 2.05) is 41.7 Å². The monoisotopic (exact) mass is 262 g/mol. The van der Waals surface area contributed by atoms with Gasteiger partial charge in [0.05, 0.1) is 19.3 Å². The van der Waals surface area contributed by atoms with Crippen molar-refractivity contribution in [2.45, 2.75) is 19.6 Å². The lowest BCUT2D eigenvalue weighted by molar-refractivity contribution is -0.673. The minimum Gasteiger partial charge on any atom is -0.455 e. The predicted molar refractivity (Wildman–Crippen MR) is 72.4 cm³/mol. The number of furan rings is 1. The fourth-order valence-electron chi connectivity index (χ4n) is 1.90. The van der Waals surface area contributed by atoms with Crippen molar-refractivity contribution in [1.82, 2.24) is 0 Å². The molecule has 0 spiro atoms. The van der Waals surface area contributed by atoms with E-state index in [2.05, 4.69) is 0 Å². The topological polar surface area (TPSA) is 70.2 Å². The Morgan fingerprint density at radius 1 is 1.16 bits per heavy atom. The van der Waals surface area contributed by atoms with E-state index in [1.165, 1.54) is 0 Å². The van der Waals surface area contributed by atoms with E-state index in [1.54, 1.807) is 6.92 Å². The normalized spacial score (nSPS) is 12.6. The van der Waals surface area contributed by atoms with E-state index in [0.717, 1.165) is 29.2 Å². The number of benzene rings is 1. The molecule has 0 radical (unpaired) electrons. The van der Waals surface area contributed by atoms with Gasteiger partial charge >= 0.3 is 0 Å². The van der Waals surface area contributed by atoms with Gasteiger partial charge in [-0.05, 0) is 24.6 Å². The summed E-state index contributed by atoms with van der Waals surface area (Å²) in [5.74, 6) is 1.72. The van der Waals surface area contributed by atoms with Gasteiger partial charge in [-0.1, -0.05) is 24.3 Å². The fourth-order valence-corrected chi connectivity index (χ4v) is 1.90. The second-order valence-electron chi connectivity index (χ2n) is 4.57. The summed E-state index contributed by atoms with van der Waals surface area (Å²) < 4.78 is 5.74. The molecule has 1 aromatic heterocycles. The van der Waals surface area contributed by atoms with Crippen LogP contribution in [-0.4, -0.2) is 23.4 Å². The molecule has 2 aromatic rings. The minimum absolute atomic E-state index is 0.175. The maximum Gasteiger partial charge on any atom is 0.158 e. The molecule has 4 heteroatoms. The van der Waals surface area contributed by atoms with Gasteiger partial charge in [0.1, 0.15) is 12.3 Å². The lowest BCUT2D eigenvalue weighted by Crippen LogP contribution is -2.83. The average molecular weight is 262 g/mol. The fraction of sp³-hybridized carbons (Fsp3) is 0.333. The van der Waals surface area contributed by atoms with Gasteiger partial charge < -0.3 is 19.9 Å². The minimum atomic E-state index is -0.450. The number of nitrogens with two attached hydrogens (primary N) is 1. The Hall–Kier alpha value is -1.62. The maximum absolute atomic E-state index is 9.46. The Labute approximate surface area is 112 Å². The van der Waals surface area contributed by atoms with Crippen LogP contribution in [0.3, 0.4) is 0 Å². The third-order valence-corrected chi connectivity index (χ3v) is 3.02. The van der Waals surface area contributed by atoms with Gasteiger partial charge in [0.25, 0.3) is 0 Å². The first kappa shape index (κ1) is 13.8. The molecule has 4 nitrogen and oxygen atoms in total. The summed E-state index contributed by atoms with van der Waals surface area (Å²) in [7, 11) is 0. The van der Waals surface area contributed by atoms with Crippen LogP contribution in [0.15, 0.2) is 40.8 Å². The van der Waals surface area contributed by atoms with Crippen molar-refractivity contribution in [3.63, 3.8) is 0 Å². The molecule has 0 fully saturated rings. The molecule has 19 heavy (non-hydrogen) atoms. The van der Waals surface area contributed by atoms with Gasteiger partial charge in [-0.3, -0.25) is 0 Å². The summed E-state index contributed by atoms with van der Waals surface area (Å²) in [5, 5.41) is 20.2. The lowest BCUT2D eigenvalue weighted by Gasteiger charge is -2.04. The molecule has 0 bridgehead atoms. The Morgan fingerprint density at radius 2 is 1.89 bits per heavy atom. The third-order valence-electron chi connectivity index (χ3n) is 3.02. The van der Waals surface area contributed by atoms with Crippen LogP contribution in [0.5, 0.6) is 0 Å². The molecule has 0 aliphatic rings. The van der Waals surface area contributed by atoms with Gasteiger partial charge in [-0.15, -0.1) is 0 Å². The molecule has 0 unspecified atom stereocenters. The zero-order valence-corrected chi connectivity index (χ0v) is 11.0. The first-order valence-corrected chi connectivity index (χ1v) is 6.50. The van der Waals surface area contributed by atoms with Crippen molar-refractivity contribution in [3.8, 4) is 11.3 Å². The molecule has 1 heterocycles. The number of quaternary nitrogens is 1. The standard InChI is InChI=1S/C15H19NO3/c1-11(18)12-2-4-13(5-3-12)15-7-6-14(19-15)10-16-8-9-17/h2-7,11,16-18H,8-10H2,1H3/p+1/t11-/m0/s1. The Bertz CT molecular complexity index is 502. The molecule has 102 valence electrons. The molecule has 0 saturated heterocycles. The van der Waals surface area contributed by atoms with Gasteiger partial charge in [-0.2, -0.15) is 0 Å². The molecule has 0 aliphatic heterocycles. The predicted octanol–water partition coefficient (Wildman–Crippen LogP) is 1.06. The van der Waals surface area contributed by atoms with Gasteiger partial charge in [0.2, 0.25) is 0 Å². The number of aliphatic hydroxyl groups is 2. The van der Waals surface area contributed by atoms with Crippen molar-refractivity contribution >= 4 is 0 Å². The largest absolute Gasteiger partial charge is 0.455 e. The summed E-state index contributed by atoms with van der Waals surface area (Å²) in [6.45, 7) is 3.33. The smallest absolute Gasteiger partial charge is 0.158 e. The highest BCUT2D eigenvalue weighted by Crippen LogP contribution is 2.23. The van der Waals surface area contributed by atoms with E-state index in [-0.39, 0.29) is 6.61 Å². The molecule has 0 saturated carbocycles. The van der Waals surface area contributed by atoms with E-state index in [0.29, 0.717) is 6.54 Å². The van der Waals surface area contributed by atoms with Crippen molar-refractivity contribution in [1.29, 1.82) is 0 Å². The van der Waals surface area contributed by atoms with Crippen LogP contribution < -0.4 is 5.32 Å². The van der Waals surface area contributed by atoms with Crippen molar-refractivity contribution in [2.24, 2.45) is 0 Å². The molecule has 4 N–H and O–H groups in total. The Balaban J connectivity index is 2.05. The zero-order chi connectivity index (χ0) is 13.7. The lowest BCUT2D eigenvalue weighted by atomic mass is 10.1. The molecule has 1 aromatic carbocycles. The van der Waals surface area contributed by atoms with E-state index in [4.69, 9.17) is 9.52 Å². The van der Waals surface area contributed by atoms with Gasteiger partial charge in [0, 0.05) is 5.56 Å². The number of hydrogen-bond acceptors (Lipinski definition) is 3. The SMILES string of the molecule is C[C@H](O)c1ccc(-c2ccc(C[NH2+]CCO)o2)cc1. The number of aliphatic hydroxyl groups excluding tert-OH is 2. The van der Waals surface area contributed by atoms with E-state index >= 15 is 0 Å². The van der Waals surface area contributed by atoms with Crippen molar-refractivity contribution in [3.05, 3.63) is 47.7 Å². The Morgan fingerprint density at radius 3 is 2.53 bits per heavy atom. The highest BCUT2D eigenvalue weighted by Gasteiger charge is 2.07. The highest BCUT2D eigenvalue weighted by atomic mass is 16.3. The second kappa shape index (κ2) is 6.52. The molecule has 0 aliphatic carbocycles. The Kier molecular flexibility index (Phi) is 4.74. The molecule has 0 amide bonds. The van der Waals surface area contributed by atoms with E-state index in [9.17, 15) is 5.11 Å². The third kappa shape index (κ3) is 3.67. The van der Waals surface area contributed by atoms with Crippen LogP contribution in [0.4, 0.5) is 0 Å². The quantitative estimate of drug-likeness (QED) is 0.682. The average Bonchev–Trinajstić information content (AvgIpc) is 2.88. The van der Waals surface area contributed by atoms with Crippen LogP contribution in [-0.2, 0) is 6.54 Å². The number of hydrogen-bond donors (Lipinski definition) is 3. The van der Waals surface area contributed by atoms with Crippen LogP contribution >= 0.6 is 0 Å². The summed E-state index contributed by atoms with van der Waals surface area (Å²) in [6, 6.07) is 11.6. The molecular weight excluding hydrogens is 242 g/mol. The first-order chi connectivity index (χ1) is 9.20. The summed E-state index contributed by atoms with van der Waals surface area (Å²) in [4.78, 5) is 0. The highest BCUT2D eigenvalue weighted by molar-refractivity contribution is 5.58. The van der Waals surface area contributed by atoms with Crippen LogP contribution in [0.2, 0.25) is 0 Å². The summed E-state index contributed by atoms with van der Waals surface area (Å²) in [6.07, 6.45) is -0.450. The van der Waals surface area contributed by atoms with Crippen molar-refractivity contribution in [2.75, 3.05) is 13.2 Å². The second-order valence-corrected chi connectivity index (χ2v) is 4.57. The molecule has 2 rings (SSSR count). The van der Waals surface area contributed by atoms with Gasteiger partial charge in [-0.25, -0.2) is 0 Å².